The predicted molar refractivity (Wildman–Crippen MR) is 102 cm³/mol. The number of aromatic nitrogens is 2. The highest BCUT2D eigenvalue weighted by atomic mass is 79.9. The van der Waals surface area contributed by atoms with Crippen LogP contribution in [0.15, 0.2) is 51.6 Å². The van der Waals surface area contributed by atoms with Gasteiger partial charge in [-0.05, 0) is 45.4 Å². The summed E-state index contributed by atoms with van der Waals surface area (Å²) < 4.78 is 5.41. The molecule has 2 aromatic carbocycles. The number of phenolic OH excluding ortho intramolecular Hbond substituents is 1. The van der Waals surface area contributed by atoms with Crippen LogP contribution in [0.25, 0.3) is 0 Å². The van der Waals surface area contributed by atoms with Crippen LogP contribution in [0.1, 0.15) is 10.4 Å². The number of hydrogen-bond acceptors (Lipinski definition) is 7. The van der Waals surface area contributed by atoms with Crippen molar-refractivity contribution in [3.63, 3.8) is 0 Å². The summed E-state index contributed by atoms with van der Waals surface area (Å²) in [5.74, 6) is -0.622. The fourth-order valence-electron chi connectivity index (χ4n) is 2.31. The second kappa shape index (κ2) is 7.54. The number of carbonyl (C=O) groups excluding carboxylic acids is 1. The zero-order chi connectivity index (χ0) is 19.6. The predicted octanol–water partition coefficient (Wildman–Crippen LogP) is 2.97. The van der Waals surface area contributed by atoms with E-state index < -0.39 is 0 Å². The second-order valence-electron chi connectivity index (χ2n) is 5.76. The van der Waals surface area contributed by atoms with Crippen LogP contribution < -0.4 is 15.5 Å². The van der Waals surface area contributed by atoms with Gasteiger partial charge in [-0.1, -0.05) is 23.1 Å². The molecule has 3 aromatic rings. The van der Waals surface area contributed by atoms with E-state index in [2.05, 4.69) is 36.3 Å². The molecule has 9 nitrogen and oxygen atoms in total. The summed E-state index contributed by atoms with van der Waals surface area (Å²) in [6, 6.07) is 11.9. The van der Waals surface area contributed by atoms with E-state index in [1.807, 2.05) is 18.2 Å². The van der Waals surface area contributed by atoms with Crippen LogP contribution in [-0.4, -0.2) is 35.2 Å². The molecule has 0 saturated heterocycles. The molecular formula is C17H16BrN5O4. The smallest absolute Gasteiger partial charge is 0.324 e. The highest BCUT2D eigenvalue weighted by Crippen LogP contribution is 2.33. The summed E-state index contributed by atoms with van der Waals surface area (Å²) in [6.07, 6.45) is 0. The molecule has 0 aliphatic carbocycles. The molecule has 0 radical (unpaired) electrons. The van der Waals surface area contributed by atoms with Gasteiger partial charge in [-0.2, -0.15) is 0 Å². The van der Waals surface area contributed by atoms with Crippen molar-refractivity contribution in [2.75, 3.05) is 24.7 Å². The van der Waals surface area contributed by atoms with Gasteiger partial charge in [0.2, 0.25) is 0 Å². The van der Waals surface area contributed by atoms with E-state index in [1.54, 1.807) is 26.2 Å². The number of rotatable bonds is 5. The van der Waals surface area contributed by atoms with Gasteiger partial charge in [0.15, 0.2) is 5.75 Å². The van der Waals surface area contributed by atoms with Crippen molar-refractivity contribution in [1.29, 1.82) is 0 Å². The van der Waals surface area contributed by atoms with Crippen molar-refractivity contribution >= 4 is 44.8 Å². The van der Waals surface area contributed by atoms with Crippen LogP contribution in [0.4, 0.5) is 23.0 Å². The van der Waals surface area contributed by atoms with E-state index >= 15 is 0 Å². The van der Waals surface area contributed by atoms with Gasteiger partial charge in [0.25, 0.3) is 5.91 Å². The molecule has 0 fully saturated rings. The minimum atomic E-state index is -0.372. The molecule has 1 amide bonds. The Balaban J connectivity index is 1.93. The molecule has 3 rings (SSSR count). The van der Waals surface area contributed by atoms with Crippen molar-refractivity contribution in [2.24, 2.45) is 0 Å². The van der Waals surface area contributed by atoms with Gasteiger partial charge in [-0.15, -0.1) is 0 Å². The fraction of sp³-hybridized carbons (Fsp3) is 0.118. The average molecular weight is 434 g/mol. The van der Waals surface area contributed by atoms with Crippen LogP contribution in [0.3, 0.4) is 0 Å². The number of aromatic hydroxyl groups is 1. The van der Waals surface area contributed by atoms with E-state index in [-0.39, 0.29) is 39.4 Å². The second-order valence-corrected chi connectivity index (χ2v) is 6.61. The lowest BCUT2D eigenvalue weighted by atomic mass is 10.1. The van der Waals surface area contributed by atoms with Gasteiger partial charge in [0.1, 0.15) is 5.69 Å². The quantitative estimate of drug-likeness (QED) is 0.418. The minimum Gasteiger partial charge on any atom is -0.504 e. The standard InChI is InChI=1S/C17H16BrN5O4/c1-22(2)17(25)10-6-5-9-13(14(10)24)20-16-15(21-27-23(16)26)19-12-8-4-3-7-11(12)18/h3-9,20,24H,1-2H3,(H,19,21). The Morgan fingerprint density at radius 2 is 1.89 bits per heavy atom. The number of carbonyl (C=O) groups is 1. The molecule has 0 spiro atoms. The molecule has 1 heterocycles. The first-order valence-electron chi connectivity index (χ1n) is 7.80. The highest BCUT2D eigenvalue weighted by Gasteiger charge is 2.23. The Hall–Kier alpha value is -3.27. The van der Waals surface area contributed by atoms with Gasteiger partial charge in [-0.25, -0.2) is 0 Å². The number of hydrogen-bond donors (Lipinski definition) is 3. The highest BCUT2D eigenvalue weighted by molar-refractivity contribution is 9.10. The average Bonchev–Trinajstić information content (AvgIpc) is 2.98. The summed E-state index contributed by atoms with van der Waals surface area (Å²) in [5, 5.41) is 31.8. The molecule has 27 heavy (non-hydrogen) atoms. The lowest BCUT2D eigenvalue weighted by molar-refractivity contribution is -0.790. The topological polar surface area (TPSA) is 118 Å². The van der Waals surface area contributed by atoms with E-state index in [0.29, 0.717) is 5.69 Å². The normalized spacial score (nSPS) is 10.5. The number of phenols is 1. The van der Waals surface area contributed by atoms with Crippen LogP contribution >= 0.6 is 15.9 Å². The summed E-state index contributed by atoms with van der Waals surface area (Å²) in [4.78, 5) is 13.7. The van der Waals surface area contributed by atoms with Gasteiger partial charge in [-0.3, -0.25) is 10.1 Å². The molecule has 1 aromatic heterocycles. The Morgan fingerprint density at radius 1 is 1.19 bits per heavy atom. The van der Waals surface area contributed by atoms with Crippen molar-refractivity contribution in [3.05, 3.63) is 57.7 Å². The van der Waals surface area contributed by atoms with E-state index in [4.69, 9.17) is 0 Å². The van der Waals surface area contributed by atoms with Gasteiger partial charge < -0.3 is 25.2 Å². The largest absolute Gasteiger partial charge is 0.504 e. The maximum atomic E-state index is 12.2. The number of para-hydroxylation sites is 2. The third-order valence-corrected chi connectivity index (χ3v) is 4.36. The first kappa shape index (κ1) is 18.5. The Bertz CT molecular complexity index is 989. The first-order valence-corrected chi connectivity index (χ1v) is 8.59. The first-order chi connectivity index (χ1) is 12.9. The number of amides is 1. The van der Waals surface area contributed by atoms with Crippen LogP contribution in [0, 0.1) is 5.21 Å². The lowest BCUT2D eigenvalue weighted by Gasteiger charge is -2.13. The molecule has 0 aliphatic heterocycles. The molecule has 0 saturated carbocycles. The van der Waals surface area contributed by atoms with E-state index in [1.165, 1.54) is 17.0 Å². The van der Waals surface area contributed by atoms with Gasteiger partial charge >= 0.3 is 11.6 Å². The SMILES string of the molecule is CN(C)C(=O)c1cccc(Nc2c(Nc3ccccc3Br)no[n+]2[O-])c1O. The molecule has 10 heteroatoms. The molecule has 0 unspecified atom stereocenters. The number of nitrogens with zero attached hydrogens (tertiary/aromatic N) is 3. The Labute approximate surface area is 162 Å². The van der Waals surface area contributed by atoms with E-state index in [9.17, 15) is 15.1 Å². The summed E-state index contributed by atoms with van der Waals surface area (Å²) in [5.41, 5.74) is 0.917. The maximum absolute atomic E-state index is 12.2. The Kier molecular flexibility index (Phi) is 5.17. The monoisotopic (exact) mass is 433 g/mol. The van der Waals surface area contributed by atoms with Crippen LogP contribution in [-0.2, 0) is 0 Å². The number of halogens is 1. The third kappa shape index (κ3) is 3.80. The summed E-state index contributed by atoms with van der Waals surface area (Å²) in [7, 11) is 3.15. The molecule has 0 bridgehead atoms. The van der Waals surface area contributed by atoms with Gasteiger partial charge in [0, 0.05) is 18.6 Å². The van der Waals surface area contributed by atoms with Gasteiger partial charge in [0.05, 0.1) is 11.3 Å². The zero-order valence-corrected chi connectivity index (χ0v) is 16.0. The number of benzene rings is 2. The minimum absolute atomic E-state index is 0.0736. The van der Waals surface area contributed by atoms with Crippen molar-refractivity contribution in [3.8, 4) is 5.75 Å². The molecule has 0 atom stereocenters. The maximum Gasteiger partial charge on any atom is 0.324 e. The Morgan fingerprint density at radius 3 is 2.59 bits per heavy atom. The van der Waals surface area contributed by atoms with Crippen molar-refractivity contribution in [2.45, 2.75) is 0 Å². The molecule has 0 aliphatic rings. The van der Waals surface area contributed by atoms with Crippen LogP contribution in [0.2, 0.25) is 0 Å². The van der Waals surface area contributed by atoms with E-state index in [0.717, 1.165) is 4.47 Å². The molecular weight excluding hydrogens is 418 g/mol. The number of nitrogens with one attached hydrogen (secondary N) is 2. The lowest BCUT2D eigenvalue weighted by Crippen LogP contribution is -2.26. The summed E-state index contributed by atoms with van der Waals surface area (Å²) in [6.45, 7) is 0. The number of anilines is 4. The fourth-order valence-corrected chi connectivity index (χ4v) is 2.69. The third-order valence-electron chi connectivity index (χ3n) is 3.67. The zero-order valence-electron chi connectivity index (χ0n) is 14.4. The summed E-state index contributed by atoms with van der Waals surface area (Å²) >= 11 is 3.39. The van der Waals surface area contributed by atoms with Crippen molar-refractivity contribution in [1.82, 2.24) is 10.1 Å². The molecule has 3 N–H and O–H groups in total. The van der Waals surface area contributed by atoms with Crippen LogP contribution in [0.5, 0.6) is 5.75 Å². The van der Waals surface area contributed by atoms with Crippen molar-refractivity contribution < 1.29 is 19.4 Å². The molecule has 140 valence electrons.